The second-order valence-electron chi connectivity index (χ2n) is 6.01. The van der Waals surface area contributed by atoms with Crippen molar-refractivity contribution < 1.29 is 14.2 Å². The molecule has 0 radical (unpaired) electrons. The van der Waals surface area contributed by atoms with E-state index in [0.717, 1.165) is 31.1 Å². The summed E-state index contributed by atoms with van der Waals surface area (Å²) in [5.74, 6) is 1.55. The molecule has 120 valence electrons. The van der Waals surface area contributed by atoms with Crippen molar-refractivity contribution in [1.29, 1.82) is 0 Å². The molecule has 2 aliphatic rings. The summed E-state index contributed by atoms with van der Waals surface area (Å²) in [6, 6.07) is 15.1. The van der Waals surface area contributed by atoms with Crippen LogP contribution in [0.1, 0.15) is 29.0 Å². The van der Waals surface area contributed by atoms with Crippen LogP contribution in [0.4, 0.5) is 0 Å². The maximum Gasteiger partial charge on any atom is 0.161 e. The van der Waals surface area contributed by atoms with Crippen molar-refractivity contribution in [3.8, 4) is 11.5 Å². The number of nitrogens with zero attached hydrogens (tertiary/aromatic N) is 1. The molecule has 23 heavy (non-hydrogen) atoms. The molecule has 4 rings (SSSR count). The summed E-state index contributed by atoms with van der Waals surface area (Å²) in [6.45, 7) is 1.72. The fourth-order valence-corrected chi connectivity index (χ4v) is 3.67. The third-order valence-electron chi connectivity index (χ3n) is 4.85. The van der Waals surface area contributed by atoms with E-state index in [-0.39, 0.29) is 6.23 Å². The highest BCUT2D eigenvalue weighted by molar-refractivity contribution is 5.49. The predicted molar refractivity (Wildman–Crippen MR) is 87.8 cm³/mol. The van der Waals surface area contributed by atoms with Crippen molar-refractivity contribution in [1.82, 2.24) is 4.90 Å². The molecular formula is C19H21NO3. The van der Waals surface area contributed by atoms with Crippen molar-refractivity contribution >= 4 is 0 Å². The molecule has 0 N–H and O–H groups in total. The normalized spacial score (nSPS) is 23.2. The molecule has 0 aliphatic carbocycles. The zero-order chi connectivity index (χ0) is 15.8. The average Bonchev–Trinajstić information content (AvgIpc) is 3.05. The summed E-state index contributed by atoms with van der Waals surface area (Å²) in [7, 11) is 3.35. The maximum atomic E-state index is 6.15. The van der Waals surface area contributed by atoms with Gasteiger partial charge in [0.15, 0.2) is 11.5 Å². The highest BCUT2D eigenvalue weighted by Crippen LogP contribution is 2.45. The van der Waals surface area contributed by atoms with Gasteiger partial charge in [-0.2, -0.15) is 0 Å². The minimum Gasteiger partial charge on any atom is -0.493 e. The largest absolute Gasteiger partial charge is 0.493 e. The van der Waals surface area contributed by atoms with E-state index in [2.05, 4.69) is 47.4 Å². The molecule has 0 bridgehead atoms. The molecule has 2 aliphatic heterocycles. The van der Waals surface area contributed by atoms with Gasteiger partial charge in [0.2, 0.25) is 0 Å². The Morgan fingerprint density at radius 2 is 1.78 bits per heavy atom. The van der Waals surface area contributed by atoms with Crippen LogP contribution in [0.3, 0.4) is 0 Å². The Hall–Kier alpha value is -2.04. The summed E-state index contributed by atoms with van der Waals surface area (Å²) in [5.41, 5.74) is 3.81. The second-order valence-corrected chi connectivity index (χ2v) is 6.01. The first-order valence-electron chi connectivity index (χ1n) is 7.99. The lowest BCUT2D eigenvalue weighted by Crippen LogP contribution is -2.33. The minimum absolute atomic E-state index is 0.00348. The van der Waals surface area contributed by atoms with Crippen molar-refractivity contribution in [3.05, 3.63) is 59.2 Å². The average molecular weight is 311 g/mol. The summed E-state index contributed by atoms with van der Waals surface area (Å²) in [5, 5.41) is 0. The number of hydrogen-bond donors (Lipinski definition) is 0. The van der Waals surface area contributed by atoms with E-state index in [4.69, 9.17) is 14.2 Å². The fourth-order valence-electron chi connectivity index (χ4n) is 3.67. The van der Waals surface area contributed by atoms with E-state index in [1.165, 1.54) is 16.7 Å². The van der Waals surface area contributed by atoms with Crippen LogP contribution in [0, 0.1) is 0 Å². The SMILES string of the molecule is COc1cc2c(cc1OC)C1OC[C@H](c3ccccc3)N1CC2. The molecule has 2 aromatic carbocycles. The van der Waals surface area contributed by atoms with Crippen LogP contribution in [-0.2, 0) is 11.2 Å². The molecule has 0 aromatic heterocycles. The Morgan fingerprint density at radius 3 is 2.52 bits per heavy atom. The quantitative estimate of drug-likeness (QED) is 0.870. The monoisotopic (exact) mass is 311 g/mol. The number of methoxy groups -OCH3 is 2. The second kappa shape index (κ2) is 5.87. The lowest BCUT2D eigenvalue weighted by Gasteiger charge is -2.34. The van der Waals surface area contributed by atoms with Crippen molar-refractivity contribution in [2.75, 3.05) is 27.4 Å². The van der Waals surface area contributed by atoms with E-state index >= 15 is 0 Å². The third kappa shape index (κ3) is 2.38. The fraction of sp³-hybridized carbons (Fsp3) is 0.368. The highest BCUT2D eigenvalue weighted by atomic mass is 16.5. The molecule has 2 heterocycles. The van der Waals surface area contributed by atoms with E-state index in [9.17, 15) is 0 Å². The predicted octanol–water partition coefficient (Wildman–Crippen LogP) is 3.33. The molecular weight excluding hydrogens is 290 g/mol. The molecule has 0 amide bonds. The smallest absolute Gasteiger partial charge is 0.161 e. The van der Waals surface area contributed by atoms with Crippen LogP contribution < -0.4 is 9.47 Å². The van der Waals surface area contributed by atoms with Gasteiger partial charge in [-0.1, -0.05) is 30.3 Å². The Morgan fingerprint density at radius 1 is 1.04 bits per heavy atom. The number of hydrogen-bond acceptors (Lipinski definition) is 4. The maximum absolute atomic E-state index is 6.15. The summed E-state index contributed by atoms with van der Waals surface area (Å²) < 4.78 is 17.0. The van der Waals surface area contributed by atoms with Gasteiger partial charge in [0.25, 0.3) is 0 Å². The zero-order valence-electron chi connectivity index (χ0n) is 13.5. The lowest BCUT2D eigenvalue weighted by molar-refractivity contribution is 0.0215. The Labute approximate surface area is 136 Å². The molecule has 1 unspecified atom stereocenters. The van der Waals surface area contributed by atoms with Gasteiger partial charge in [-0.3, -0.25) is 4.90 Å². The van der Waals surface area contributed by atoms with Gasteiger partial charge in [0, 0.05) is 12.1 Å². The van der Waals surface area contributed by atoms with Crippen LogP contribution in [0.25, 0.3) is 0 Å². The summed E-state index contributed by atoms with van der Waals surface area (Å²) in [6.07, 6.45) is 1.00. The van der Waals surface area contributed by atoms with Gasteiger partial charge in [-0.05, 0) is 29.7 Å². The lowest BCUT2D eigenvalue weighted by atomic mass is 9.95. The number of fused-ring (bicyclic) bond motifs is 3. The molecule has 0 spiro atoms. The molecule has 2 atom stereocenters. The zero-order valence-corrected chi connectivity index (χ0v) is 13.5. The van der Waals surface area contributed by atoms with Crippen LogP contribution in [0.15, 0.2) is 42.5 Å². The Bertz CT molecular complexity index is 701. The number of ether oxygens (including phenoxy) is 3. The summed E-state index contributed by atoms with van der Waals surface area (Å²) in [4.78, 5) is 2.45. The first-order chi connectivity index (χ1) is 11.3. The van der Waals surface area contributed by atoms with Gasteiger partial charge in [0.1, 0.15) is 6.23 Å². The van der Waals surface area contributed by atoms with E-state index < -0.39 is 0 Å². The molecule has 0 saturated carbocycles. The van der Waals surface area contributed by atoms with Gasteiger partial charge in [-0.15, -0.1) is 0 Å². The van der Waals surface area contributed by atoms with Crippen molar-refractivity contribution in [2.45, 2.75) is 18.7 Å². The van der Waals surface area contributed by atoms with Crippen LogP contribution >= 0.6 is 0 Å². The van der Waals surface area contributed by atoms with Gasteiger partial charge in [0.05, 0.1) is 26.9 Å². The van der Waals surface area contributed by atoms with E-state index in [1.54, 1.807) is 14.2 Å². The molecule has 4 nitrogen and oxygen atoms in total. The van der Waals surface area contributed by atoms with Gasteiger partial charge in [-0.25, -0.2) is 0 Å². The first kappa shape index (κ1) is 14.5. The molecule has 4 heteroatoms. The van der Waals surface area contributed by atoms with Crippen molar-refractivity contribution in [3.63, 3.8) is 0 Å². The first-order valence-corrected chi connectivity index (χ1v) is 7.99. The van der Waals surface area contributed by atoms with Gasteiger partial charge < -0.3 is 14.2 Å². The topological polar surface area (TPSA) is 30.9 Å². The minimum atomic E-state index is 0.00348. The summed E-state index contributed by atoms with van der Waals surface area (Å²) >= 11 is 0. The third-order valence-corrected chi connectivity index (χ3v) is 4.85. The number of benzene rings is 2. The Kier molecular flexibility index (Phi) is 3.71. The Balaban J connectivity index is 1.69. The van der Waals surface area contributed by atoms with Gasteiger partial charge >= 0.3 is 0 Å². The van der Waals surface area contributed by atoms with Crippen LogP contribution in [-0.4, -0.2) is 32.3 Å². The molecule has 2 aromatic rings. The van der Waals surface area contributed by atoms with E-state index in [0.29, 0.717) is 6.04 Å². The van der Waals surface area contributed by atoms with Crippen molar-refractivity contribution in [2.24, 2.45) is 0 Å². The molecule has 1 saturated heterocycles. The number of rotatable bonds is 3. The van der Waals surface area contributed by atoms with Crippen LogP contribution in [0.5, 0.6) is 11.5 Å². The van der Waals surface area contributed by atoms with Crippen LogP contribution in [0.2, 0.25) is 0 Å². The standard InChI is InChI=1S/C19H21NO3/c1-21-17-10-14-8-9-20-16(13-6-4-3-5-7-13)12-23-19(20)15(14)11-18(17)22-2/h3-7,10-11,16,19H,8-9,12H2,1-2H3/t16-,19?/m1/s1. The van der Waals surface area contributed by atoms with E-state index in [1.807, 2.05) is 0 Å². The highest BCUT2D eigenvalue weighted by Gasteiger charge is 2.40. The molecule has 1 fully saturated rings.